The van der Waals surface area contributed by atoms with Crippen molar-refractivity contribution < 1.29 is 5.11 Å². The zero-order valence-electron chi connectivity index (χ0n) is 10.8. The minimum Gasteiger partial charge on any atom is -0.390 e. The van der Waals surface area contributed by atoms with E-state index in [0.717, 1.165) is 25.2 Å². The Hall–Kier alpha value is -0.0400. The molecular formula is C14H28O. The molecule has 1 aliphatic carbocycles. The second kappa shape index (κ2) is 5.89. The summed E-state index contributed by atoms with van der Waals surface area (Å²) in [5.41, 5.74) is -0.334. The van der Waals surface area contributed by atoms with Gasteiger partial charge in [-0.15, -0.1) is 0 Å². The van der Waals surface area contributed by atoms with Crippen molar-refractivity contribution in [3.8, 4) is 0 Å². The van der Waals surface area contributed by atoms with E-state index in [1.54, 1.807) is 0 Å². The third-order valence-electron chi connectivity index (χ3n) is 3.95. The van der Waals surface area contributed by atoms with Crippen molar-refractivity contribution in [3.63, 3.8) is 0 Å². The molecule has 0 aromatic rings. The third kappa shape index (κ3) is 4.55. The van der Waals surface area contributed by atoms with Crippen LogP contribution in [-0.4, -0.2) is 10.7 Å². The molecule has 0 heterocycles. The van der Waals surface area contributed by atoms with Gasteiger partial charge in [-0.3, -0.25) is 0 Å². The number of aliphatic hydroxyl groups is 1. The van der Waals surface area contributed by atoms with Crippen LogP contribution in [0, 0.1) is 11.8 Å². The molecule has 0 spiro atoms. The van der Waals surface area contributed by atoms with Crippen LogP contribution in [0.25, 0.3) is 0 Å². The molecule has 1 fully saturated rings. The molecule has 1 heteroatoms. The van der Waals surface area contributed by atoms with E-state index in [9.17, 15) is 5.11 Å². The quantitative estimate of drug-likeness (QED) is 0.694. The summed E-state index contributed by atoms with van der Waals surface area (Å²) in [7, 11) is 0. The van der Waals surface area contributed by atoms with Gasteiger partial charge in [-0.05, 0) is 37.5 Å². The monoisotopic (exact) mass is 212 g/mol. The van der Waals surface area contributed by atoms with Gasteiger partial charge in [-0.1, -0.05) is 46.5 Å². The molecule has 3 unspecified atom stereocenters. The van der Waals surface area contributed by atoms with E-state index in [2.05, 4.69) is 20.8 Å². The van der Waals surface area contributed by atoms with Crippen LogP contribution < -0.4 is 0 Å². The molecule has 15 heavy (non-hydrogen) atoms. The van der Waals surface area contributed by atoms with Crippen molar-refractivity contribution in [2.75, 3.05) is 0 Å². The molecule has 1 N–H and O–H groups in total. The number of rotatable bonds is 4. The predicted molar refractivity (Wildman–Crippen MR) is 65.9 cm³/mol. The molecule has 0 amide bonds. The van der Waals surface area contributed by atoms with Gasteiger partial charge in [0.25, 0.3) is 0 Å². The fourth-order valence-electron chi connectivity index (χ4n) is 3.01. The van der Waals surface area contributed by atoms with Crippen LogP contribution in [0.2, 0.25) is 0 Å². The molecular weight excluding hydrogens is 184 g/mol. The summed E-state index contributed by atoms with van der Waals surface area (Å²) in [5, 5.41) is 10.6. The lowest BCUT2D eigenvalue weighted by Crippen LogP contribution is -2.30. The van der Waals surface area contributed by atoms with E-state index in [0.29, 0.717) is 5.92 Å². The first-order valence-corrected chi connectivity index (χ1v) is 6.78. The SMILES string of the molecule is CCCC(C)CC1(O)CCCC(C)CC1. The van der Waals surface area contributed by atoms with E-state index < -0.39 is 0 Å². The van der Waals surface area contributed by atoms with Crippen LogP contribution in [0.3, 0.4) is 0 Å². The van der Waals surface area contributed by atoms with Gasteiger partial charge in [0, 0.05) is 0 Å². The summed E-state index contributed by atoms with van der Waals surface area (Å²) < 4.78 is 0. The Morgan fingerprint density at radius 1 is 1.33 bits per heavy atom. The Labute approximate surface area is 95.3 Å². The summed E-state index contributed by atoms with van der Waals surface area (Å²) in [6.45, 7) is 6.84. The Kier molecular flexibility index (Phi) is 5.11. The first kappa shape index (κ1) is 13.0. The van der Waals surface area contributed by atoms with Gasteiger partial charge in [-0.25, -0.2) is 0 Å². The average Bonchev–Trinajstić information content (AvgIpc) is 2.29. The topological polar surface area (TPSA) is 20.2 Å². The zero-order chi connectivity index (χ0) is 11.3. The molecule has 1 aliphatic rings. The third-order valence-corrected chi connectivity index (χ3v) is 3.95. The largest absolute Gasteiger partial charge is 0.390 e. The van der Waals surface area contributed by atoms with Gasteiger partial charge in [-0.2, -0.15) is 0 Å². The standard InChI is InChI=1S/C14H28O/c1-4-6-13(3)11-14(15)9-5-7-12(2)8-10-14/h12-13,15H,4-11H2,1-3H3. The molecule has 0 bridgehead atoms. The Morgan fingerprint density at radius 2 is 2.07 bits per heavy atom. The van der Waals surface area contributed by atoms with Crippen LogP contribution in [0.15, 0.2) is 0 Å². The predicted octanol–water partition coefficient (Wildman–Crippen LogP) is 4.14. The first-order chi connectivity index (χ1) is 7.06. The maximum atomic E-state index is 10.6. The minimum atomic E-state index is -0.334. The maximum Gasteiger partial charge on any atom is 0.0650 e. The minimum absolute atomic E-state index is 0.334. The van der Waals surface area contributed by atoms with Crippen LogP contribution in [0.1, 0.15) is 72.1 Å². The van der Waals surface area contributed by atoms with Gasteiger partial charge in [0.2, 0.25) is 0 Å². The molecule has 90 valence electrons. The lowest BCUT2D eigenvalue weighted by molar-refractivity contribution is 0.00145. The highest BCUT2D eigenvalue weighted by atomic mass is 16.3. The van der Waals surface area contributed by atoms with E-state index in [-0.39, 0.29) is 5.60 Å². The molecule has 1 nitrogen and oxygen atoms in total. The smallest absolute Gasteiger partial charge is 0.0650 e. The van der Waals surface area contributed by atoms with E-state index >= 15 is 0 Å². The zero-order valence-corrected chi connectivity index (χ0v) is 10.8. The number of hydrogen-bond donors (Lipinski definition) is 1. The molecule has 1 rings (SSSR count). The molecule has 3 atom stereocenters. The first-order valence-electron chi connectivity index (χ1n) is 6.78. The van der Waals surface area contributed by atoms with Crippen molar-refractivity contribution in [3.05, 3.63) is 0 Å². The van der Waals surface area contributed by atoms with Gasteiger partial charge in [0.1, 0.15) is 0 Å². The second-order valence-corrected chi connectivity index (χ2v) is 5.86. The molecule has 1 saturated carbocycles. The molecule has 0 aromatic heterocycles. The lowest BCUT2D eigenvalue weighted by atomic mass is 9.83. The summed E-state index contributed by atoms with van der Waals surface area (Å²) in [6, 6.07) is 0. The second-order valence-electron chi connectivity index (χ2n) is 5.86. The Balaban J connectivity index is 2.42. The molecule has 0 aliphatic heterocycles. The van der Waals surface area contributed by atoms with Crippen molar-refractivity contribution in [2.24, 2.45) is 11.8 Å². The Morgan fingerprint density at radius 3 is 2.73 bits per heavy atom. The highest BCUT2D eigenvalue weighted by Crippen LogP contribution is 2.35. The van der Waals surface area contributed by atoms with Gasteiger partial charge < -0.3 is 5.11 Å². The van der Waals surface area contributed by atoms with Crippen LogP contribution in [0.4, 0.5) is 0 Å². The Bertz CT molecular complexity index is 178. The fourth-order valence-corrected chi connectivity index (χ4v) is 3.01. The van der Waals surface area contributed by atoms with E-state index in [1.165, 1.54) is 32.1 Å². The highest BCUT2D eigenvalue weighted by molar-refractivity contribution is 4.84. The van der Waals surface area contributed by atoms with Crippen molar-refractivity contribution in [2.45, 2.75) is 77.7 Å². The van der Waals surface area contributed by atoms with Gasteiger partial charge in [0.15, 0.2) is 0 Å². The molecule has 0 radical (unpaired) electrons. The molecule has 0 saturated heterocycles. The van der Waals surface area contributed by atoms with Crippen molar-refractivity contribution in [1.29, 1.82) is 0 Å². The van der Waals surface area contributed by atoms with E-state index in [1.807, 2.05) is 0 Å². The highest BCUT2D eigenvalue weighted by Gasteiger charge is 2.30. The fraction of sp³-hybridized carbons (Fsp3) is 1.00. The van der Waals surface area contributed by atoms with E-state index in [4.69, 9.17) is 0 Å². The summed E-state index contributed by atoms with van der Waals surface area (Å²) in [6.07, 6.45) is 9.34. The van der Waals surface area contributed by atoms with Crippen molar-refractivity contribution >= 4 is 0 Å². The summed E-state index contributed by atoms with van der Waals surface area (Å²) in [4.78, 5) is 0. The van der Waals surface area contributed by atoms with Gasteiger partial charge in [0.05, 0.1) is 5.60 Å². The lowest BCUT2D eigenvalue weighted by Gasteiger charge is -2.29. The maximum absolute atomic E-state index is 10.6. The van der Waals surface area contributed by atoms with Crippen LogP contribution in [-0.2, 0) is 0 Å². The van der Waals surface area contributed by atoms with Gasteiger partial charge >= 0.3 is 0 Å². The molecule has 0 aromatic carbocycles. The summed E-state index contributed by atoms with van der Waals surface area (Å²) in [5.74, 6) is 1.51. The summed E-state index contributed by atoms with van der Waals surface area (Å²) >= 11 is 0. The number of hydrogen-bond acceptors (Lipinski definition) is 1. The van der Waals surface area contributed by atoms with Crippen LogP contribution in [0.5, 0.6) is 0 Å². The van der Waals surface area contributed by atoms with Crippen molar-refractivity contribution in [1.82, 2.24) is 0 Å². The average molecular weight is 212 g/mol. The normalized spacial score (nSPS) is 34.8. The van der Waals surface area contributed by atoms with Crippen LogP contribution >= 0.6 is 0 Å².